The topological polar surface area (TPSA) is 40.5 Å². The van der Waals surface area contributed by atoms with Gasteiger partial charge in [-0.3, -0.25) is 4.79 Å². The Morgan fingerprint density at radius 1 is 1.38 bits per heavy atom. The molecule has 0 radical (unpaired) electrons. The summed E-state index contributed by atoms with van der Waals surface area (Å²) in [6.07, 6.45) is 0.196. The van der Waals surface area contributed by atoms with Gasteiger partial charge in [-0.2, -0.15) is 0 Å². The van der Waals surface area contributed by atoms with Crippen LogP contribution in [-0.4, -0.2) is 29.6 Å². The van der Waals surface area contributed by atoms with E-state index in [4.69, 9.17) is 5.11 Å². The predicted octanol–water partition coefficient (Wildman–Crippen LogP) is 2.21. The summed E-state index contributed by atoms with van der Waals surface area (Å²) < 4.78 is 0. The van der Waals surface area contributed by atoms with Crippen LogP contribution in [0.25, 0.3) is 0 Å². The quantitative estimate of drug-likeness (QED) is 0.828. The number of rotatable bonds is 5. The molecule has 0 atom stereocenters. The van der Waals surface area contributed by atoms with E-state index in [1.165, 1.54) is 16.7 Å². The Labute approximate surface area is 96.7 Å². The molecule has 0 fully saturated rings. The third-order valence-corrected chi connectivity index (χ3v) is 2.65. The van der Waals surface area contributed by atoms with Gasteiger partial charge in [0.2, 0.25) is 0 Å². The molecule has 0 aliphatic carbocycles. The summed E-state index contributed by atoms with van der Waals surface area (Å²) in [7, 11) is 1.95. The van der Waals surface area contributed by atoms with Crippen LogP contribution in [0.3, 0.4) is 0 Å². The molecule has 0 aromatic heterocycles. The zero-order chi connectivity index (χ0) is 12.1. The minimum absolute atomic E-state index is 0.196. The highest BCUT2D eigenvalue weighted by Gasteiger charge is 2.05. The molecular formula is C13H19NO2. The zero-order valence-corrected chi connectivity index (χ0v) is 10.2. The van der Waals surface area contributed by atoms with E-state index in [1.54, 1.807) is 0 Å². The van der Waals surface area contributed by atoms with Crippen molar-refractivity contribution in [1.82, 2.24) is 4.90 Å². The molecule has 0 saturated carbocycles. The predicted molar refractivity (Wildman–Crippen MR) is 64.5 cm³/mol. The average Bonchev–Trinajstić information content (AvgIpc) is 2.20. The molecule has 0 aliphatic heterocycles. The maximum atomic E-state index is 10.5. The number of carbonyl (C=O) groups is 1. The maximum Gasteiger partial charge on any atom is 0.304 e. The van der Waals surface area contributed by atoms with Crippen LogP contribution in [0.5, 0.6) is 0 Å². The highest BCUT2D eigenvalue weighted by atomic mass is 16.4. The van der Waals surface area contributed by atoms with Crippen LogP contribution in [0.4, 0.5) is 0 Å². The lowest BCUT2D eigenvalue weighted by atomic mass is 10.1. The molecule has 0 amide bonds. The summed E-state index contributed by atoms with van der Waals surface area (Å²) in [5, 5.41) is 8.60. The van der Waals surface area contributed by atoms with Gasteiger partial charge >= 0.3 is 5.97 Å². The summed E-state index contributed by atoms with van der Waals surface area (Å²) in [4.78, 5) is 12.5. The fourth-order valence-corrected chi connectivity index (χ4v) is 1.63. The fourth-order valence-electron chi connectivity index (χ4n) is 1.63. The Bertz CT molecular complexity index is 374. The molecule has 3 nitrogen and oxygen atoms in total. The molecule has 0 aliphatic rings. The first-order chi connectivity index (χ1) is 7.49. The minimum atomic E-state index is -0.743. The third kappa shape index (κ3) is 4.03. The molecule has 0 spiro atoms. The van der Waals surface area contributed by atoms with Crippen LogP contribution >= 0.6 is 0 Å². The van der Waals surface area contributed by atoms with Gasteiger partial charge in [-0.05, 0) is 32.0 Å². The molecule has 0 heterocycles. The van der Waals surface area contributed by atoms with Gasteiger partial charge in [-0.1, -0.05) is 23.8 Å². The number of nitrogens with zero attached hydrogens (tertiary/aromatic N) is 1. The Hall–Kier alpha value is -1.35. The van der Waals surface area contributed by atoms with Crippen molar-refractivity contribution >= 4 is 5.97 Å². The summed E-state index contributed by atoms with van der Waals surface area (Å²) in [5.74, 6) is -0.743. The van der Waals surface area contributed by atoms with Crippen molar-refractivity contribution in [2.45, 2.75) is 26.8 Å². The molecular weight excluding hydrogens is 202 g/mol. The third-order valence-electron chi connectivity index (χ3n) is 2.65. The Morgan fingerprint density at radius 2 is 2.06 bits per heavy atom. The van der Waals surface area contributed by atoms with Gasteiger partial charge in [-0.15, -0.1) is 0 Å². The van der Waals surface area contributed by atoms with Crippen molar-refractivity contribution in [3.05, 3.63) is 34.9 Å². The van der Waals surface area contributed by atoms with E-state index in [2.05, 4.69) is 32.0 Å². The fraction of sp³-hybridized carbons (Fsp3) is 0.462. The van der Waals surface area contributed by atoms with Crippen LogP contribution in [-0.2, 0) is 11.3 Å². The number of aryl methyl sites for hydroxylation is 2. The molecule has 0 saturated heterocycles. The van der Waals surface area contributed by atoms with E-state index in [0.717, 1.165) is 6.54 Å². The number of hydrogen-bond donors (Lipinski definition) is 1. The Morgan fingerprint density at radius 3 is 2.69 bits per heavy atom. The lowest BCUT2D eigenvalue weighted by Crippen LogP contribution is -2.21. The van der Waals surface area contributed by atoms with E-state index in [0.29, 0.717) is 6.54 Å². The monoisotopic (exact) mass is 221 g/mol. The number of carboxylic acid groups (broad SMARTS) is 1. The van der Waals surface area contributed by atoms with Gasteiger partial charge in [-0.25, -0.2) is 0 Å². The van der Waals surface area contributed by atoms with E-state index in [-0.39, 0.29) is 6.42 Å². The summed E-state index contributed by atoms with van der Waals surface area (Å²) in [5.41, 5.74) is 3.77. The Kier molecular flexibility index (Phi) is 4.50. The second-order valence-corrected chi connectivity index (χ2v) is 4.31. The zero-order valence-electron chi connectivity index (χ0n) is 10.2. The van der Waals surface area contributed by atoms with Crippen LogP contribution in [0.2, 0.25) is 0 Å². The summed E-state index contributed by atoms with van der Waals surface area (Å²) in [6, 6.07) is 6.36. The van der Waals surface area contributed by atoms with E-state index < -0.39 is 5.97 Å². The molecule has 1 aromatic rings. The van der Waals surface area contributed by atoms with Crippen LogP contribution in [0, 0.1) is 13.8 Å². The SMILES string of the molecule is Cc1ccc(C)c(CN(C)CCC(=O)O)c1. The molecule has 0 unspecified atom stereocenters. The first-order valence-electron chi connectivity index (χ1n) is 5.45. The molecule has 16 heavy (non-hydrogen) atoms. The normalized spacial score (nSPS) is 10.8. The highest BCUT2D eigenvalue weighted by molar-refractivity contribution is 5.66. The number of benzene rings is 1. The number of carboxylic acids is 1. The van der Waals surface area contributed by atoms with E-state index >= 15 is 0 Å². The standard InChI is InChI=1S/C13H19NO2/c1-10-4-5-11(2)12(8-10)9-14(3)7-6-13(15)16/h4-5,8H,6-7,9H2,1-3H3,(H,15,16). The van der Waals surface area contributed by atoms with Crippen LogP contribution in [0.1, 0.15) is 23.1 Å². The highest BCUT2D eigenvalue weighted by Crippen LogP contribution is 2.12. The number of hydrogen-bond acceptors (Lipinski definition) is 2. The molecule has 1 rings (SSSR count). The van der Waals surface area contributed by atoms with Crippen LogP contribution in [0.15, 0.2) is 18.2 Å². The smallest absolute Gasteiger partial charge is 0.304 e. The molecule has 1 aromatic carbocycles. The van der Waals surface area contributed by atoms with E-state index in [1.807, 2.05) is 11.9 Å². The van der Waals surface area contributed by atoms with Crippen LogP contribution < -0.4 is 0 Å². The van der Waals surface area contributed by atoms with Gasteiger partial charge in [0.25, 0.3) is 0 Å². The van der Waals surface area contributed by atoms with Crippen molar-refractivity contribution < 1.29 is 9.90 Å². The summed E-state index contributed by atoms with van der Waals surface area (Å²) in [6.45, 7) is 5.55. The average molecular weight is 221 g/mol. The second kappa shape index (κ2) is 5.66. The van der Waals surface area contributed by atoms with Crippen molar-refractivity contribution in [2.75, 3.05) is 13.6 Å². The lowest BCUT2D eigenvalue weighted by molar-refractivity contribution is -0.137. The summed E-state index contributed by atoms with van der Waals surface area (Å²) >= 11 is 0. The maximum absolute atomic E-state index is 10.5. The Balaban J connectivity index is 2.58. The van der Waals surface area contributed by atoms with Gasteiger partial charge in [0.15, 0.2) is 0 Å². The first-order valence-corrected chi connectivity index (χ1v) is 5.45. The molecule has 3 heteroatoms. The lowest BCUT2D eigenvalue weighted by Gasteiger charge is -2.17. The van der Waals surface area contributed by atoms with Crippen molar-refractivity contribution in [3.63, 3.8) is 0 Å². The van der Waals surface area contributed by atoms with Crippen molar-refractivity contribution in [1.29, 1.82) is 0 Å². The van der Waals surface area contributed by atoms with Gasteiger partial charge < -0.3 is 10.0 Å². The van der Waals surface area contributed by atoms with Gasteiger partial charge in [0, 0.05) is 13.1 Å². The van der Waals surface area contributed by atoms with Gasteiger partial charge in [0.1, 0.15) is 0 Å². The first kappa shape index (κ1) is 12.7. The van der Waals surface area contributed by atoms with Crippen molar-refractivity contribution in [2.24, 2.45) is 0 Å². The largest absolute Gasteiger partial charge is 0.481 e. The van der Waals surface area contributed by atoms with Crippen molar-refractivity contribution in [3.8, 4) is 0 Å². The minimum Gasteiger partial charge on any atom is -0.481 e. The molecule has 1 N–H and O–H groups in total. The molecule has 88 valence electrons. The number of aliphatic carboxylic acids is 1. The van der Waals surface area contributed by atoms with E-state index in [9.17, 15) is 4.79 Å². The second-order valence-electron chi connectivity index (χ2n) is 4.31. The molecule has 0 bridgehead atoms. The van der Waals surface area contributed by atoms with Gasteiger partial charge in [0.05, 0.1) is 6.42 Å².